The fourth-order valence-electron chi connectivity index (χ4n) is 4.68. The Bertz CT molecular complexity index is 1400. The van der Waals surface area contributed by atoms with Gasteiger partial charge in [-0.05, 0) is 60.4 Å². The Morgan fingerprint density at radius 1 is 0.829 bits per heavy atom. The highest BCUT2D eigenvalue weighted by atomic mass is 32.2. The van der Waals surface area contributed by atoms with Crippen LogP contribution in [-0.4, -0.2) is 20.4 Å². The molecular formula is C29H26N2O3S. The number of carbonyl (C=O) groups is 1. The van der Waals surface area contributed by atoms with Crippen molar-refractivity contribution in [2.24, 2.45) is 0 Å². The van der Waals surface area contributed by atoms with Crippen molar-refractivity contribution in [3.63, 3.8) is 0 Å². The summed E-state index contributed by atoms with van der Waals surface area (Å²) in [6.07, 6.45) is 0.545. The molecule has 176 valence electrons. The molecule has 4 aromatic carbocycles. The summed E-state index contributed by atoms with van der Waals surface area (Å²) in [4.78, 5) is 13.6. The minimum Gasteiger partial charge on any atom is -0.341 e. The van der Waals surface area contributed by atoms with Gasteiger partial charge in [-0.2, -0.15) is 0 Å². The maximum absolute atomic E-state index is 13.3. The number of sulfonamides is 1. The second-order valence-corrected chi connectivity index (χ2v) is 10.6. The zero-order chi connectivity index (χ0) is 24.4. The number of hydrogen-bond donors (Lipinski definition) is 1. The van der Waals surface area contributed by atoms with Crippen LogP contribution in [0.1, 0.15) is 40.0 Å². The van der Waals surface area contributed by atoms with Gasteiger partial charge in [-0.15, -0.1) is 0 Å². The van der Waals surface area contributed by atoms with Gasteiger partial charge in [0, 0.05) is 11.6 Å². The molecule has 1 aliphatic heterocycles. The predicted octanol–water partition coefficient (Wildman–Crippen LogP) is 5.35. The van der Waals surface area contributed by atoms with Gasteiger partial charge in [0.25, 0.3) is 15.9 Å². The van der Waals surface area contributed by atoms with E-state index in [1.807, 2.05) is 73.7 Å². The van der Waals surface area contributed by atoms with Crippen LogP contribution in [0, 0.1) is 0 Å². The highest BCUT2D eigenvalue weighted by molar-refractivity contribution is 7.92. The summed E-state index contributed by atoms with van der Waals surface area (Å²) in [6.45, 7) is 1.89. The van der Waals surface area contributed by atoms with Crippen molar-refractivity contribution >= 4 is 21.6 Å². The van der Waals surface area contributed by atoms with Crippen LogP contribution in [0.3, 0.4) is 0 Å². The molecule has 0 saturated heterocycles. The first-order valence-corrected chi connectivity index (χ1v) is 13.0. The number of amides is 1. The quantitative estimate of drug-likeness (QED) is 0.403. The molecule has 0 unspecified atom stereocenters. The number of rotatable bonds is 6. The molecule has 1 amide bonds. The van der Waals surface area contributed by atoms with E-state index in [0.29, 0.717) is 17.7 Å². The molecule has 0 aliphatic carbocycles. The molecule has 4 aromatic rings. The van der Waals surface area contributed by atoms with Crippen LogP contribution in [0.2, 0.25) is 0 Å². The van der Waals surface area contributed by atoms with Crippen LogP contribution >= 0.6 is 0 Å². The average Bonchev–Trinajstić information content (AvgIpc) is 3.24. The first-order chi connectivity index (χ1) is 16.9. The SMILES string of the molecule is C[C@H]1Cc2cc(C(=O)NC(c3ccccc3)c3ccccc3)ccc2N1S(=O)(=O)c1ccccc1. The summed E-state index contributed by atoms with van der Waals surface area (Å²) in [6, 6.07) is 32.9. The fraction of sp³-hybridized carbons (Fsp3) is 0.138. The lowest BCUT2D eigenvalue weighted by Gasteiger charge is -2.24. The molecule has 35 heavy (non-hydrogen) atoms. The Hall–Kier alpha value is -3.90. The lowest BCUT2D eigenvalue weighted by atomic mass is 9.98. The first kappa shape index (κ1) is 22.9. The van der Waals surface area contributed by atoms with E-state index in [1.165, 1.54) is 4.31 Å². The molecule has 1 aliphatic rings. The molecule has 0 bridgehead atoms. The Labute approximate surface area is 206 Å². The van der Waals surface area contributed by atoms with Gasteiger partial charge in [-0.25, -0.2) is 8.42 Å². The van der Waals surface area contributed by atoms with Gasteiger partial charge in [0.15, 0.2) is 0 Å². The van der Waals surface area contributed by atoms with E-state index in [0.717, 1.165) is 16.7 Å². The van der Waals surface area contributed by atoms with E-state index in [1.54, 1.807) is 42.5 Å². The third kappa shape index (κ3) is 4.45. The molecule has 0 fully saturated rings. The molecule has 6 heteroatoms. The van der Waals surface area contributed by atoms with E-state index >= 15 is 0 Å². The largest absolute Gasteiger partial charge is 0.341 e. The second kappa shape index (κ2) is 9.39. The zero-order valence-corrected chi connectivity index (χ0v) is 20.2. The molecule has 5 rings (SSSR count). The molecule has 1 atom stereocenters. The van der Waals surface area contributed by atoms with Crippen LogP contribution < -0.4 is 9.62 Å². The monoisotopic (exact) mass is 482 g/mol. The Morgan fingerprint density at radius 3 is 1.94 bits per heavy atom. The third-order valence-corrected chi connectivity index (χ3v) is 8.28. The summed E-state index contributed by atoms with van der Waals surface area (Å²) in [5.41, 5.74) is 3.96. The van der Waals surface area contributed by atoms with Crippen molar-refractivity contribution in [2.75, 3.05) is 4.31 Å². The Morgan fingerprint density at radius 2 is 1.37 bits per heavy atom. The maximum atomic E-state index is 13.3. The van der Waals surface area contributed by atoms with Crippen LogP contribution in [0.25, 0.3) is 0 Å². The standard InChI is InChI=1S/C29H26N2O3S/c1-21-19-25-20-24(17-18-27(25)31(21)35(33,34)26-15-9-4-10-16-26)29(32)30-28(22-11-5-2-6-12-22)23-13-7-3-8-14-23/h2-18,20-21,28H,19H2,1H3,(H,30,32)/t21-/m0/s1. The normalized spacial score (nSPS) is 15.1. The second-order valence-electron chi connectivity index (χ2n) is 8.74. The molecule has 0 saturated carbocycles. The Kier molecular flexibility index (Phi) is 6.14. The molecule has 1 N–H and O–H groups in total. The van der Waals surface area contributed by atoms with E-state index in [-0.39, 0.29) is 22.9 Å². The zero-order valence-electron chi connectivity index (χ0n) is 19.3. The molecular weight excluding hydrogens is 456 g/mol. The molecule has 0 radical (unpaired) electrons. The number of nitrogens with one attached hydrogen (secondary N) is 1. The van der Waals surface area contributed by atoms with Crippen molar-refractivity contribution in [1.82, 2.24) is 5.32 Å². The minimum absolute atomic E-state index is 0.206. The van der Waals surface area contributed by atoms with Crippen molar-refractivity contribution in [2.45, 2.75) is 30.3 Å². The first-order valence-electron chi connectivity index (χ1n) is 11.6. The van der Waals surface area contributed by atoms with Gasteiger partial charge < -0.3 is 5.32 Å². The topological polar surface area (TPSA) is 66.5 Å². The predicted molar refractivity (Wildman–Crippen MR) is 138 cm³/mol. The number of anilines is 1. The van der Waals surface area contributed by atoms with E-state index in [2.05, 4.69) is 5.32 Å². The van der Waals surface area contributed by atoms with Crippen LogP contribution in [0.15, 0.2) is 114 Å². The van der Waals surface area contributed by atoms with Gasteiger partial charge >= 0.3 is 0 Å². The van der Waals surface area contributed by atoms with Crippen molar-refractivity contribution in [3.8, 4) is 0 Å². The van der Waals surface area contributed by atoms with E-state index < -0.39 is 10.0 Å². The number of carbonyl (C=O) groups excluding carboxylic acids is 1. The average molecular weight is 483 g/mol. The van der Waals surface area contributed by atoms with Gasteiger partial charge in [0.2, 0.25) is 0 Å². The van der Waals surface area contributed by atoms with Crippen molar-refractivity contribution in [1.29, 1.82) is 0 Å². The van der Waals surface area contributed by atoms with Crippen molar-refractivity contribution < 1.29 is 13.2 Å². The van der Waals surface area contributed by atoms with Crippen molar-refractivity contribution in [3.05, 3.63) is 131 Å². The van der Waals surface area contributed by atoms with Crippen LogP contribution in [0.4, 0.5) is 5.69 Å². The summed E-state index contributed by atoms with van der Waals surface area (Å²) in [5.74, 6) is -0.206. The molecule has 0 spiro atoms. The van der Waals surface area contributed by atoms with E-state index in [9.17, 15) is 13.2 Å². The fourth-order valence-corrected chi connectivity index (χ4v) is 6.39. The number of nitrogens with zero attached hydrogens (tertiary/aromatic N) is 1. The smallest absolute Gasteiger partial charge is 0.264 e. The molecule has 1 heterocycles. The van der Waals surface area contributed by atoms with Gasteiger partial charge in [0.1, 0.15) is 0 Å². The number of benzene rings is 4. The van der Waals surface area contributed by atoms with Gasteiger partial charge in [-0.3, -0.25) is 9.10 Å². The van der Waals surface area contributed by atoms with Gasteiger partial charge in [0.05, 0.1) is 16.6 Å². The Balaban J connectivity index is 1.44. The summed E-state index contributed by atoms with van der Waals surface area (Å²) >= 11 is 0. The minimum atomic E-state index is -3.69. The van der Waals surface area contributed by atoms with Crippen LogP contribution in [0.5, 0.6) is 0 Å². The lowest BCUT2D eigenvalue weighted by molar-refractivity contribution is 0.0943. The van der Waals surface area contributed by atoms with E-state index in [4.69, 9.17) is 0 Å². The third-order valence-electron chi connectivity index (χ3n) is 6.34. The van der Waals surface area contributed by atoms with Gasteiger partial charge in [-0.1, -0.05) is 78.9 Å². The highest BCUT2D eigenvalue weighted by Crippen LogP contribution is 2.37. The molecule has 5 nitrogen and oxygen atoms in total. The maximum Gasteiger partial charge on any atom is 0.264 e. The highest BCUT2D eigenvalue weighted by Gasteiger charge is 2.36. The summed E-state index contributed by atoms with van der Waals surface area (Å²) in [5, 5.41) is 3.16. The summed E-state index contributed by atoms with van der Waals surface area (Å²) < 4.78 is 28.1. The molecule has 0 aromatic heterocycles. The lowest BCUT2D eigenvalue weighted by Crippen LogP contribution is -2.35. The number of fused-ring (bicyclic) bond motifs is 1. The number of hydrogen-bond acceptors (Lipinski definition) is 3. The van der Waals surface area contributed by atoms with Crippen LogP contribution in [-0.2, 0) is 16.4 Å². The summed E-state index contributed by atoms with van der Waals surface area (Å²) in [7, 11) is -3.69.